The first-order chi connectivity index (χ1) is 27.7. The standard InChI is InChI=1S/C43H57N5O10S/c1-26-27(2)37(28(3)33-24-43(7,8)57-36(26)33)59(53,54)47-39(44)45-19-13-18-35(38(49)50)48(21-23-55-22-20-46-40(51)58-42(4,5)6)41(52)56-25-34-31-16-11-9-14-29(31)30-15-10-12-17-32(30)34/h9-12,14-17,34-35H,13,18-25H2,1-8H3,(H,46,51)(H,49,50)(H3,44,45,47). The smallest absolute Gasteiger partial charge is 0.410 e. The number of guanidine groups is 1. The summed E-state index contributed by atoms with van der Waals surface area (Å²) in [7, 11) is -4.14. The lowest BCUT2D eigenvalue weighted by Gasteiger charge is -2.29. The SMILES string of the molecule is Cc1c(C)c(S(=O)(=O)NC(N)=NCCCC(C(=O)O)N(CCOCCNC(=O)OC(C)(C)C)C(=O)OCC2c3ccccc3-c3ccccc32)c(C)c2c1OC(C)(C)C2. The summed E-state index contributed by atoms with van der Waals surface area (Å²) in [6.07, 6.45) is -0.811. The number of alkyl carbamates (subject to hydrolysis) is 1. The van der Waals surface area contributed by atoms with Gasteiger partial charge in [0.15, 0.2) is 0 Å². The number of rotatable bonds is 16. The number of nitrogens with zero attached hydrogens (tertiary/aromatic N) is 2. The molecule has 16 heteroatoms. The van der Waals surface area contributed by atoms with Gasteiger partial charge in [-0.15, -0.1) is 0 Å². The molecule has 320 valence electrons. The van der Waals surface area contributed by atoms with Gasteiger partial charge in [-0.05, 0) is 107 Å². The molecule has 2 aliphatic rings. The van der Waals surface area contributed by atoms with Gasteiger partial charge >= 0.3 is 18.2 Å². The fraction of sp³-hybridized carbons (Fsp3) is 0.488. The van der Waals surface area contributed by atoms with Gasteiger partial charge < -0.3 is 35.1 Å². The van der Waals surface area contributed by atoms with Crippen molar-refractivity contribution in [3.05, 3.63) is 81.9 Å². The van der Waals surface area contributed by atoms with Crippen molar-refractivity contribution in [2.75, 3.05) is 39.5 Å². The molecule has 0 saturated carbocycles. The fourth-order valence-electron chi connectivity index (χ4n) is 7.62. The van der Waals surface area contributed by atoms with Crippen LogP contribution in [0.3, 0.4) is 0 Å². The van der Waals surface area contributed by atoms with Crippen molar-refractivity contribution in [3.8, 4) is 16.9 Å². The summed E-state index contributed by atoms with van der Waals surface area (Å²) >= 11 is 0. The lowest BCUT2D eigenvalue weighted by atomic mass is 9.94. The van der Waals surface area contributed by atoms with Crippen LogP contribution in [-0.4, -0.2) is 99.2 Å². The molecule has 1 atom stereocenters. The number of benzene rings is 3. The molecular formula is C43H57N5O10S. The number of carboxylic acid groups (broad SMARTS) is 1. The molecule has 1 unspecified atom stereocenters. The Hall–Kier alpha value is -5.35. The number of nitrogens with two attached hydrogens (primary N) is 1. The third-order valence-electron chi connectivity index (χ3n) is 10.3. The van der Waals surface area contributed by atoms with Crippen molar-refractivity contribution < 1.29 is 46.9 Å². The number of carboxylic acids is 1. The Labute approximate surface area is 346 Å². The zero-order valence-corrected chi connectivity index (χ0v) is 36.0. The van der Waals surface area contributed by atoms with Crippen LogP contribution in [0.25, 0.3) is 11.1 Å². The number of hydrogen-bond donors (Lipinski definition) is 4. The van der Waals surface area contributed by atoms with Gasteiger partial charge in [0.2, 0.25) is 5.96 Å². The van der Waals surface area contributed by atoms with E-state index in [2.05, 4.69) is 15.0 Å². The van der Waals surface area contributed by atoms with E-state index in [4.69, 9.17) is 24.7 Å². The highest BCUT2D eigenvalue weighted by Crippen LogP contribution is 2.45. The summed E-state index contributed by atoms with van der Waals surface area (Å²) in [5, 5.41) is 13.0. The van der Waals surface area contributed by atoms with E-state index in [0.717, 1.165) is 38.3 Å². The van der Waals surface area contributed by atoms with Gasteiger partial charge in [0, 0.05) is 37.5 Å². The Morgan fingerprint density at radius 1 is 1.00 bits per heavy atom. The van der Waals surface area contributed by atoms with Crippen LogP contribution in [0.4, 0.5) is 9.59 Å². The van der Waals surface area contributed by atoms with E-state index in [0.29, 0.717) is 23.3 Å². The van der Waals surface area contributed by atoms with Crippen molar-refractivity contribution in [2.24, 2.45) is 10.7 Å². The van der Waals surface area contributed by atoms with E-state index in [1.165, 1.54) is 0 Å². The molecular weight excluding hydrogens is 779 g/mol. The van der Waals surface area contributed by atoms with Crippen molar-refractivity contribution in [3.63, 3.8) is 0 Å². The van der Waals surface area contributed by atoms with E-state index >= 15 is 0 Å². The second kappa shape index (κ2) is 18.3. The highest BCUT2D eigenvalue weighted by atomic mass is 32.2. The molecule has 1 aliphatic carbocycles. The summed E-state index contributed by atoms with van der Waals surface area (Å²) in [5.41, 5.74) is 11.7. The monoisotopic (exact) mass is 835 g/mol. The van der Waals surface area contributed by atoms with Gasteiger partial charge in [0.1, 0.15) is 29.6 Å². The number of ether oxygens (including phenoxy) is 4. The van der Waals surface area contributed by atoms with Crippen LogP contribution in [0, 0.1) is 20.8 Å². The van der Waals surface area contributed by atoms with E-state index in [1.807, 2.05) is 69.3 Å². The van der Waals surface area contributed by atoms with Gasteiger partial charge in [-0.2, -0.15) is 0 Å². The minimum absolute atomic E-state index is 0.0230. The second-order valence-electron chi connectivity index (χ2n) is 16.5. The Kier molecular flexibility index (Phi) is 13.9. The van der Waals surface area contributed by atoms with Crippen LogP contribution in [0.5, 0.6) is 5.75 Å². The van der Waals surface area contributed by atoms with Crippen molar-refractivity contribution in [2.45, 2.75) is 103 Å². The minimum Gasteiger partial charge on any atom is -0.487 e. The normalized spacial score (nSPS) is 15.0. The average Bonchev–Trinajstić information content (AvgIpc) is 3.65. The van der Waals surface area contributed by atoms with Crippen LogP contribution in [-0.2, 0) is 35.4 Å². The Morgan fingerprint density at radius 3 is 2.24 bits per heavy atom. The van der Waals surface area contributed by atoms with E-state index < -0.39 is 45.4 Å². The topological polar surface area (TPSA) is 208 Å². The fourth-order valence-corrected chi connectivity index (χ4v) is 9.15. The largest absolute Gasteiger partial charge is 0.487 e. The molecule has 59 heavy (non-hydrogen) atoms. The van der Waals surface area contributed by atoms with Crippen LogP contribution >= 0.6 is 0 Å². The average molecular weight is 836 g/mol. The molecule has 15 nitrogen and oxygen atoms in total. The Bertz CT molecular complexity index is 2150. The van der Waals surface area contributed by atoms with Gasteiger partial charge in [0.25, 0.3) is 10.0 Å². The molecule has 0 bridgehead atoms. The van der Waals surface area contributed by atoms with Gasteiger partial charge in [-0.1, -0.05) is 48.5 Å². The van der Waals surface area contributed by atoms with Crippen LogP contribution in [0.15, 0.2) is 58.4 Å². The molecule has 3 aromatic carbocycles. The lowest BCUT2D eigenvalue weighted by molar-refractivity contribution is -0.143. The highest BCUT2D eigenvalue weighted by molar-refractivity contribution is 7.90. The molecule has 1 aliphatic heterocycles. The third kappa shape index (κ3) is 10.8. The zero-order valence-electron chi connectivity index (χ0n) is 35.1. The number of sulfonamides is 1. The van der Waals surface area contributed by atoms with E-state index in [1.54, 1.807) is 34.6 Å². The molecule has 0 fully saturated rings. The number of aliphatic carboxylic acids is 1. The molecule has 5 N–H and O–H groups in total. The Morgan fingerprint density at radius 2 is 1.63 bits per heavy atom. The summed E-state index contributed by atoms with van der Waals surface area (Å²) in [6.45, 7) is 14.4. The molecule has 0 radical (unpaired) electrons. The quantitative estimate of drug-likeness (QED) is 0.0754. The van der Waals surface area contributed by atoms with Gasteiger partial charge in [-0.25, -0.2) is 27.5 Å². The third-order valence-corrected chi connectivity index (χ3v) is 12.0. The van der Waals surface area contributed by atoms with Crippen molar-refractivity contribution in [1.82, 2.24) is 14.9 Å². The molecule has 3 aromatic rings. The maximum absolute atomic E-state index is 13.8. The highest BCUT2D eigenvalue weighted by Gasteiger charge is 2.37. The summed E-state index contributed by atoms with van der Waals surface area (Å²) in [6, 6.07) is 14.4. The molecule has 2 amide bonds. The molecule has 5 rings (SSSR count). The van der Waals surface area contributed by atoms with E-state index in [-0.39, 0.29) is 69.1 Å². The number of aliphatic imine (C=N–C) groups is 1. The molecule has 1 heterocycles. The maximum atomic E-state index is 13.8. The van der Waals surface area contributed by atoms with Crippen molar-refractivity contribution >= 4 is 34.1 Å². The summed E-state index contributed by atoms with van der Waals surface area (Å²) < 4.78 is 52.6. The first-order valence-electron chi connectivity index (χ1n) is 19.7. The zero-order chi connectivity index (χ0) is 43.3. The first-order valence-corrected chi connectivity index (χ1v) is 21.2. The predicted molar refractivity (Wildman–Crippen MR) is 223 cm³/mol. The van der Waals surface area contributed by atoms with Gasteiger partial charge in [-0.3, -0.25) is 9.89 Å². The second-order valence-corrected chi connectivity index (χ2v) is 18.1. The number of nitrogens with one attached hydrogen (secondary N) is 2. The van der Waals surface area contributed by atoms with Crippen LogP contribution < -0.4 is 20.5 Å². The molecule has 0 saturated heterocycles. The number of amides is 2. The van der Waals surface area contributed by atoms with Gasteiger partial charge in [0.05, 0.1) is 18.1 Å². The first kappa shape index (κ1) is 44.7. The number of carbonyl (C=O) groups excluding carboxylic acids is 2. The van der Waals surface area contributed by atoms with Crippen LogP contribution in [0.2, 0.25) is 0 Å². The summed E-state index contributed by atoms with van der Waals surface area (Å²) in [5.74, 6) is -1.17. The number of fused-ring (bicyclic) bond motifs is 4. The number of hydrogen-bond acceptors (Lipinski definition) is 10. The Balaban J connectivity index is 1.25. The lowest BCUT2D eigenvalue weighted by Crippen LogP contribution is -2.47. The minimum atomic E-state index is -4.14. The van der Waals surface area contributed by atoms with Crippen molar-refractivity contribution in [1.29, 1.82) is 0 Å². The molecule has 0 spiro atoms. The van der Waals surface area contributed by atoms with Crippen LogP contribution in [0.1, 0.15) is 86.8 Å². The molecule has 0 aromatic heterocycles. The van der Waals surface area contributed by atoms with E-state index in [9.17, 15) is 27.9 Å². The number of carbonyl (C=O) groups is 3. The summed E-state index contributed by atoms with van der Waals surface area (Å²) in [4.78, 5) is 44.0. The maximum Gasteiger partial charge on any atom is 0.410 e. The predicted octanol–water partition coefficient (Wildman–Crippen LogP) is 5.94.